The number of anilines is 2. The van der Waals surface area contributed by atoms with Gasteiger partial charge in [0.2, 0.25) is 5.95 Å². The normalized spacial score (nSPS) is 17.2. The molecule has 1 saturated heterocycles. The summed E-state index contributed by atoms with van der Waals surface area (Å²) < 4.78 is 85.9. The molecule has 3 heterocycles. The lowest BCUT2D eigenvalue weighted by atomic mass is 10.0. The van der Waals surface area contributed by atoms with Crippen molar-refractivity contribution in [1.29, 1.82) is 0 Å². The highest BCUT2D eigenvalue weighted by Crippen LogP contribution is 2.43. The van der Waals surface area contributed by atoms with Crippen molar-refractivity contribution >= 4 is 50.1 Å². The van der Waals surface area contributed by atoms with Crippen LogP contribution in [0.4, 0.5) is 24.8 Å². The molecule has 2 aliphatic heterocycles. The fourth-order valence-electron chi connectivity index (χ4n) is 5.48. The standard InChI is InChI=1S/C30H27ClF3N5O5S/c1-15(40)44-24-14-43-29-20(24)11-18(31)12-25(29)45(41,42)38-23-4-3-21(32)26(27(23)34)16-9-17-13-35-30(37-28(17)22(33)10-16)36-19-5-7-39(2)8-6-19/h3-4,9-13,19,24,38H,5-8,14H2,1-2H3,(H,35,36,37)/t24-/m1/s1. The number of ether oxygens (including phenoxy) is 2. The van der Waals surface area contributed by atoms with Gasteiger partial charge in [-0.25, -0.2) is 31.6 Å². The van der Waals surface area contributed by atoms with E-state index < -0.39 is 55.7 Å². The Kier molecular flexibility index (Phi) is 8.22. The number of likely N-dealkylation sites (tertiary alicyclic amines) is 1. The summed E-state index contributed by atoms with van der Waals surface area (Å²) in [5.74, 6) is -3.66. The Bertz CT molecular complexity index is 1940. The maximum atomic E-state index is 15.9. The maximum absolute atomic E-state index is 15.9. The average Bonchev–Trinajstić information content (AvgIpc) is 3.37. The molecule has 10 nitrogen and oxygen atoms in total. The fraction of sp³-hybridized carbons (Fsp3) is 0.300. The molecule has 0 amide bonds. The number of nitrogens with one attached hydrogen (secondary N) is 2. The zero-order chi connectivity index (χ0) is 32.0. The second kappa shape index (κ2) is 12.0. The monoisotopic (exact) mass is 661 g/mol. The molecule has 2 N–H and O–H groups in total. The Hall–Kier alpha value is -4.14. The van der Waals surface area contributed by atoms with Crippen LogP contribution in [0.3, 0.4) is 0 Å². The van der Waals surface area contributed by atoms with Crippen LogP contribution >= 0.6 is 11.6 Å². The van der Waals surface area contributed by atoms with E-state index in [0.29, 0.717) is 0 Å². The Labute approximate surface area is 261 Å². The van der Waals surface area contributed by atoms with E-state index in [1.807, 2.05) is 7.05 Å². The average molecular weight is 662 g/mol. The summed E-state index contributed by atoms with van der Waals surface area (Å²) in [5, 5.41) is 3.41. The predicted molar refractivity (Wildman–Crippen MR) is 161 cm³/mol. The molecule has 0 radical (unpaired) electrons. The molecule has 0 bridgehead atoms. The number of hydrogen-bond donors (Lipinski definition) is 2. The van der Waals surface area contributed by atoms with Gasteiger partial charge in [0.15, 0.2) is 11.9 Å². The zero-order valence-electron chi connectivity index (χ0n) is 24.0. The summed E-state index contributed by atoms with van der Waals surface area (Å²) in [5.41, 5.74) is -1.27. The van der Waals surface area contributed by atoms with Gasteiger partial charge >= 0.3 is 5.97 Å². The molecule has 0 unspecified atom stereocenters. The minimum atomic E-state index is -4.58. The van der Waals surface area contributed by atoms with Crippen LogP contribution in [0.15, 0.2) is 47.5 Å². The highest BCUT2D eigenvalue weighted by Gasteiger charge is 2.34. The molecule has 0 saturated carbocycles. The third kappa shape index (κ3) is 6.22. The summed E-state index contributed by atoms with van der Waals surface area (Å²) in [6.07, 6.45) is 2.21. The number of carbonyl (C=O) groups excluding carboxylic acids is 1. The van der Waals surface area contributed by atoms with Gasteiger partial charge in [0.25, 0.3) is 10.0 Å². The molecule has 1 aromatic heterocycles. The molecule has 45 heavy (non-hydrogen) atoms. The van der Waals surface area contributed by atoms with E-state index >= 15 is 13.2 Å². The van der Waals surface area contributed by atoms with Crippen molar-refractivity contribution in [2.45, 2.75) is 36.8 Å². The first-order valence-electron chi connectivity index (χ1n) is 14.0. The number of halogens is 4. The molecule has 2 aliphatic rings. The Balaban J connectivity index is 1.31. The lowest BCUT2D eigenvalue weighted by Gasteiger charge is -2.29. The number of hydrogen-bond acceptors (Lipinski definition) is 9. The van der Waals surface area contributed by atoms with Crippen LogP contribution in [-0.2, 0) is 19.6 Å². The second-order valence-corrected chi connectivity index (χ2v) is 13.0. The number of rotatable bonds is 7. The molecule has 0 spiro atoms. The largest absolute Gasteiger partial charge is 0.487 e. The SMILES string of the molecule is CC(=O)O[C@@H]1COc2c1cc(Cl)cc2S(=O)(=O)Nc1ccc(F)c(-c2cc(F)c3nc(NC4CCN(C)CC4)ncc3c2)c1F. The number of benzene rings is 3. The Morgan fingerprint density at radius 3 is 2.60 bits per heavy atom. The van der Waals surface area contributed by atoms with E-state index in [0.717, 1.165) is 50.2 Å². The molecule has 3 aromatic carbocycles. The molecular formula is C30H27ClF3N5O5S. The number of esters is 1. The minimum Gasteiger partial charge on any atom is -0.487 e. The van der Waals surface area contributed by atoms with Gasteiger partial charge in [-0.1, -0.05) is 11.6 Å². The maximum Gasteiger partial charge on any atom is 0.303 e. The smallest absolute Gasteiger partial charge is 0.303 e. The van der Waals surface area contributed by atoms with Crippen LogP contribution in [0, 0.1) is 17.5 Å². The molecule has 236 valence electrons. The summed E-state index contributed by atoms with van der Waals surface area (Å²) in [4.78, 5) is 21.8. The van der Waals surface area contributed by atoms with Gasteiger partial charge in [-0.2, -0.15) is 0 Å². The van der Waals surface area contributed by atoms with Gasteiger partial charge in [0, 0.05) is 35.1 Å². The first-order valence-corrected chi connectivity index (χ1v) is 15.8. The topological polar surface area (TPSA) is 123 Å². The van der Waals surface area contributed by atoms with E-state index in [1.165, 1.54) is 25.3 Å². The van der Waals surface area contributed by atoms with Gasteiger partial charge in [0.1, 0.15) is 34.4 Å². The predicted octanol–water partition coefficient (Wildman–Crippen LogP) is 5.67. The number of piperidine rings is 1. The molecular weight excluding hydrogens is 635 g/mol. The molecule has 15 heteroatoms. The fourth-order valence-corrected chi connectivity index (χ4v) is 7.03. The van der Waals surface area contributed by atoms with E-state index in [4.69, 9.17) is 21.1 Å². The van der Waals surface area contributed by atoms with Crippen LogP contribution in [0.1, 0.15) is 31.4 Å². The number of nitrogens with zero attached hydrogens (tertiary/aromatic N) is 3. The van der Waals surface area contributed by atoms with E-state index in [2.05, 4.69) is 24.9 Å². The van der Waals surface area contributed by atoms with Gasteiger partial charge in [-0.3, -0.25) is 9.52 Å². The quantitative estimate of drug-likeness (QED) is 0.241. The van der Waals surface area contributed by atoms with Crippen molar-refractivity contribution in [2.75, 3.05) is 36.8 Å². The van der Waals surface area contributed by atoms with Crippen molar-refractivity contribution in [3.8, 4) is 16.9 Å². The minimum absolute atomic E-state index is 0.00407. The molecule has 4 aromatic rings. The summed E-state index contributed by atoms with van der Waals surface area (Å²) in [6, 6.07) is 6.64. The van der Waals surface area contributed by atoms with Crippen molar-refractivity contribution in [2.24, 2.45) is 0 Å². The number of fused-ring (bicyclic) bond motifs is 2. The lowest BCUT2D eigenvalue weighted by molar-refractivity contribution is -0.147. The second-order valence-electron chi connectivity index (χ2n) is 10.9. The van der Waals surface area contributed by atoms with Gasteiger partial charge in [-0.05, 0) is 74.9 Å². The number of sulfonamides is 1. The van der Waals surface area contributed by atoms with Crippen molar-refractivity contribution < 1.29 is 35.9 Å². The third-order valence-corrected chi connectivity index (χ3v) is 9.27. The lowest BCUT2D eigenvalue weighted by Crippen LogP contribution is -2.37. The van der Waals surface area contributed by atoms with Crippen LogP contribution in [0.5, 0.6) is 5.75 Å². The third-order valence-electron chi connectivity index (χ3n) is 7.68. The van der Waals surface area contributed by atoms with Crippen LogP contribution in [0.25, 0.3) is 22.0 Å². The summed E-state index contributed by atoms with van der Waals surface area (Å²) >= 11 is 6.16. The van der Waals surface area contributed by atoms with Crippen LogP contribution in [-0.4, -0.2) is 62.0 Å². The molecule has 1 fully saturated rings. The van der Waals surface area contributed by atoms with E-state index in [-0.39, 0.29) is 51.4 Å². The molecule has 0 aliphatic carbocycles. The van der Waals surface area contributed by atoms with E-state index in [9.17, 15) is 13.2 Å². The van der Waals surface area contributed by atoms with Gasteiger partial charge < -0.3 is 19.7 Å². The first-order chi connectivity index (χ1) is 21.4. The highest BCUT2D eigenvalue weighted by molar-refractivity contribution is 7.92. The van der Waals surface area contributed by atoms with E-state index in [1.54, 1.807) is 0 Å². The highest BCUT2D eigenvalue weighted by atomic mass is 35.5. The van der Waals surface area contributed by atoms with Crippen molar-refractivity contribution in [3.05, 3.63) is 70.6 Å². The van der Waals surface area contributed by atoms with Crippen LogP contribution < -0.4 is 14.8 Å². The first kappa shape index (κ1) is 30.9. The number of aromatic nitrogens is 2. The zero-order valence-corrected chi connectivity index (χ0v) is 25.6. The molecule has 1 atom stereocenters. The van der Waals surface area contributed by atoms with Crippen LogP contribution in [0.2, 0.25) is 5.02 Å². The van der Waals surface area contributed by atoms with Crippen molar-refractivity contribution in [3.63, 3.8) is 0 Å². The van der Waals surface area contributed by atoms with Gasteiger partial charge in [0.05, 0.1) is 11.3 Å². The number of carbonyl (C=O) groups is 1. The summed E-state index contributed by atoms with van der Waals surface area (Å²) in [7, 11) is -2.54. The molecule has 6 rings (SSSR count). The van der Waals surface area contributed by atoms with Crippen molar-refractivity contribution in [1.82, 2.24) is 14.9 Å². The Morgan fingerprint density at radius 1 is 1.11 bits per heavy atom. The van der Waals surface area contributed by atoms with Gasteiger partial charge in [-0.15, -0.1) is 0 Å². The summed E-state index contributed by atoms with van der Waals surface area (Å²) in [6.45, 7) is 2.85. The Morgan fingerprint density at radius 2 is 1.87 bits per heavy atom.